The number of ketones is 1. The van der Waals surface area contributed by atoms with Crippen LogP contribution in [0.2, 0.25) is 0 Å². The predicted octanol–water partition coefficient (Wildman–Crippen LogP) is 3.01. The second kappa shape index (κ2) is 15.3. The first kappa shape index (κ1) is 26.5. The maximum absolute atomic E-state index is 12.2. The third-order valence-electron chi connectivity index (χ3n) is 5.82. The number of carbonyl (C=O) groups is 2. The van der Waals surface area contributed by atoms with Gasteiger partial charge in [0.2, 0.25) is 5.91 Å². The lowest BCUT2D eigenvalue weighted by Crippen LogP contribution is -2.33. The van der Waals surface area contributed by atoms with Gasteiger partial charge in [-0.05, 0) is 32.6 Å². The van der Waals surface area contributed by atoms with Gasteiger partial charge in [-0.25, -0.2) is 0 Å². The van der Waals surface area contributed by atoms with E-state index in [4.69, 9.17) is 5.11 Å². The SMILES string of the molecule is CCCCCC(O)C=C[C@H]1C(=O)CC(O)[C@@H]1CC=CCCCC(=O)N(CC)CCO. The first-order valence-electron chi connectivity index (χ1n) is 11.5. The van der Waals surface area contributed by atoms with E-state index in [0.717, 1.165) is 32.1 Å². The van der Waals surface area contributed by atoms with Crippen molar-refractivity contribution in [3.63, 3.8) is 0 Å². The molecule has 0 aromatic heterocycles. The molecule has 6 heteroatoms. The lowest BCUT2D eigenvalue weighted by molar-refractivity contribution is -0.131. The third kappa shape index (κ3) is 9.54. The number of aliphatic hydroxyl groups excluding tert-OH is 3. The van der Waals surface area contributed by atoms with Gasteiger partial charge < -0.3 is 20.2 Å². The summed E-state index contributed by atoms with van der Waals surface area (Å²) in [5.74, 6) is -0.412. The van der Waals surface area contributed by atoms with Gasteiger partial charge in [0.1, 0.15) is 5.78 Å². The third-order valence-corrected chi connectivity index (χ3v) is 5.82. The van der Waals surface area contributed by atoms with Gasteiger partial charge in [-0.3, -0.25) is 9.59 Å². The minimum absolute atomic E-state index is 0.0205. The molecule has 1 rings (SSSR count). The highest BCUT2D eigenvalue weighted by Crippen LogP contribution is 2.33. The van der Waals surface area contributed by atoms with E-state index in [0.29, 0.717) is 32.4 Å². The zero-order valence-electron chi connectivity index (χ0n) is 18.7. The van der Waals surface area contributed by atoms with Crippen LogP contribution in [0.5, 0.6) is 0 Å². The zero-order chi connectivity index (χ0) is 22.4. The highest BCUT2D eigenvalue weighted by molar-refractivity contribution is 5.86. The van der Waals surface area contributed by atoms with E-state index in [-0.39, 0.29) is 36.6 Å². The fourth-order valence-corrected chi connectivity index (χ4v) is 3.95. The molecular formula is C24H41NO5. The second-order valence-electron chi connectivity index (χ2n) is 8.17. The van der Waals surface area contributed by atoms with Crippen LogP contribution in [0.25, 0.3) is 0 Å². The topological polar surface area (TPSA) is 98.1 Å². The second-order valence-corrected chi connectivity index (χ2v) is 8.17. The highest BCUT2D eigenvalue weighted by Gasteiger charge is 2.39. The molecule has 6 nitrogen and oxygen atoms in total. The van der Waals surface area contributed by atoms with Gasteiger partial charge in [0.15, 0.2) is 0 Å². The molecule has 1 aliphatic carbocycles. The smallest absolute Gasteiger partial charge is 0.222 e. The van der Waals surface area contributed by atoms with Crippen LogP contribution < -0.4 is 0 Å². The van der Waals surface area contributed by atoms with Crippen molar-refractivity contribution in [3.05, 3.63) is 24.3 Å². The molecule has 0 aliphatic heterocycles. The first-order valence-corrected chi connectivity index (χ1v) is 11.5. The summed E-state index contributed by atoms with van der Waals surface area (Å²) in [6.07, 6.45) is 12.9. The Balaban J connectivity index is 2.43. The summed E-state index contributed by atoms with van der Waals surface area (Å²) < 4.78 is 0. The Labute approximate surface area is 181 Å². The Morgan fingerprint density at radius 3 is 2.67 bits per heavy atom. The normalized spacial score (nSPS) is 23.0. The molecule has 30 heavy (non-hydrogen) atoms. The Bertz CT molecular complexity index is 560. The van der Waals surface area contributed by atoms with Crippen LogP contribution >= 0.6 is 0 Å². The first-order chi connectivity index (χ1) is 14.4. The maximum atomic E-state index is 12.2. The molecule has 1 amide bonds. The number of carbonyl (C=O) groups excluding carboxylic acids is 2. The van der Waals surface area contributed by atoms with Crippen molar-refractivity contribution in [2.24, 2.45) is 11.8 Å². The molecule has 0 aromatic rings. The summed E-state index contributed by atoms with van der Waals surface area (Å²) in [6, 6.07) is 0. The summed E-state index contributed by atoms with van der Waals surface area (Å²) in [5, 5.41) is 29.3. The Morgan fingerprint density at radius 2 is 2.00 bits per heavy atom. The largest absolute Gasteiger partial charge is 0.395 e. The molecule has 0 aromatic carbocycles. The van der Waals surface area contributed by atoms with Crippen molar-refractivity contribution in [2.75, 3.05) is 19.7 Å². The maximum Gasteiger partial charge on any atom is 0.222 e. The van der Waals surface area contributed by atoms with E-state index in [1.807, 2.05) is 19.1 Å². The molecular weight excluding hydrogens is 382 g/mol. The summed E-state index contributed by atoms with van der Waals surface area (Å²) in [7, 11) is 0. The quantitative estimate of drug-likeness (QED) is 0.278. The molecule has 1 saturated carbocycles. The molecule has 0 spiro atoms. The summed E-state index contributed by atoms with van der Waals surface area (Å²) in [5.41, 5.74) is 0. The zero-order valence-corrected chi connectivity index (χ0v) is 18.7. The lowest BCUT2D eigenvalue weighted by Gasteiger charge is -2.19. The van der Waals surface area contributed by atoms with Crippen molar-refractivity contribution in [3.8, 4) is 0 Å². The Hall–Kier alpha value is -1.50. The molecule has 0 heterocycles. The van der Waals surface area contributed by atoms with E-state index in [2.05, 4.69) is 6.92 Å². The summed E-state index contributed by atoms with van der Waals surface area (Å²) >= 11 is 0. The number of allylic oxidation sites excluding steroid dienone is 3. The van der Waals surface area contributed by atoms with E-state index < -0.39 is 12.2 Å². The van der Waals surface area contributed by atoms with Crippen LogP contribution in [0.15, 0.2) is 24.3 Å². The van der Waals surface area contributed by atoms with E-state index in [1.165, 1.54) is 0 Å². The number of nitrogens with zero attached hydrogens (tertiary/aromatic N) is 1. The molecule has 0 bridgehead atoms. The number of Topliss-reactive ketones (excluding diaryl/α,β-unsaturated/α-hetero) is 1. The Kier molecular flexibility index (Phi) is 13.6. The van der Waals surface area contributed by atoms with Gasteiger partial charge in [0.05, 0.1) is 18.8 Å². The highest BCUT2D eigenvalue weighted by atomic mass is 16.3. The molecule has 2 unspecified atom stereocenters. The van der Waals surface area contributed by atoms with E-state index >= 15 is 0 Å². The van der Waals surface area contributed by atoms with Crippen LogP contribution in [0.1, 0.15) is 71.6 Å². The van der Waals surface area contributed by atoms with E-state index in [1.54, 1.807) is 17.1 Å². The van der Waals surface area contributed by atoms with Crippen molar-refractivity contribution in [2.45, 2.75) is 83.8 Å². The number of rotatable bonds is 15. The monoisotopic (exact) mass is 423 g/mol. The average Bonchev–Trinajstić information content (AvgIpc) is 2.99. The van der Waals surface area contributed by atoms with Crippen molar-refractivity contribution in [1.29, 1.82) is 0 Å². The van der Waals surface area contributed by atoms with Crippen LogP contribution in [0, 0.1) is 11.8 Å². The molecule has 172 valence electrons. The minimum atomic E-state index is -0.646. The van der Waals surface area contributed by atoms with E-state index in [9.17, 15) is 19.8 Å². The Morgan fingerprint density at radius 1 is 1.23 bits per heavy atom. The van der Waals surface area contributed by atoms with Gasteiger partial charge in [-0.15, -0.1) is 0 Å². The molecule has 0 radical (unpaired) electrons. The fourth-order valence-electron chi connectivity index (χ4n) is 3.95. The molecule has 0 saturated heterocycles. The van der Waals surface area contributed by atoms with Crippen LogP contribution in [0.4, 0.5) is 0 Å². The number of hydrogen-bond acceptors (Lipinski definition) is 5. The summed E-state index contributed by atoms with van der Waals surface area (Å²) in [6.45, 7) is 4.98. The molecule has 1 aliphatic rings. The molecule has 3 N–H and O–H groups in total. The number of unbranched alkanes of at least 4 members (excludes halogenated alkanes) is 3. The number of likely N-dealkylation sites (N-methyl/N-ethyl adjacent to an activating group) is 1. The van der Waals surface area contributed by atoms with Crippen molar-refractivity contribution in [1.82, 2.24) is 4.90 Å². The number of hydrogen-bond donors (Lipinski definition) is 3. The van der Waals surface area contributed by atoms with Gasteiger partial charge in [0.25, 0.3) is 0 Å². The number of amides is 1. The van der Waals surface area contributed by atoms with Gasteiger partial charge in [-0.1, -0.05) is 50.5 Å². The van der Waals surface area contributed by atoms with Gasteiger partial charge in [-0.2, -0.15) is 0 Å². The van der Waals surface area contributed by atoms with Crippen molar-refractivity contribution < 1.29 is 24.9 Å². The van der Waals surface area contributed by atoms with Crippen LogP contribution in [-0.4, -0.2) is 63.8 Å². The fraction of sp³-hybridized carbons (Fsp3) is 0.750. The summed E-state index contributed by atoms with van der Waals surface area (Å²) in [4.78, 5) is 25.9. The number of aliphatic hydroxyl groups is 3. The molecule has 4 atom stereocenters. The standard InChI is InChI=1S/C24H41NO5/c1-3-5-8-11-19(27)14-15-21-20(22(28)18-23(21)29)12-9-6-7-10-13-24(30)25(4-2)16-17-26/h6,9,14-15,19-22,26-28H,3-5,7-8,10-13,16-18H2,1-2H3/t19?,20-,21-,22?/m1/s1. The average molecular weight is 424 g/mol. The van der Waals surface area contributed by atoms with Crippen LogP contribution in [-0.2, 0) is 9.59 Å². The molecule has 1 fully saturated rings. The predicted molar refractivity (Wildman–Crippen MR) is 119 cm³/mol. The van der Waals surface area contributed by atoms with Crippen molar-refractivity contribution >= 4 is 11.7 Å². The van der Waals surface area contributed by atoms with Gasteiger partial charge in [0, 0.05) is 37.8 Å². The minimum Gasteiger partial charge on any atom is -0.395 e. The van der Waals surface area contributed by atoms with Gasteiger partial charge >= 0.3 is 0 Å². The lowest BCUT2D eigenvalue weighted by atomic mass is 9.90. The van der Waals surface area contributed by atoms with Crippen LogP contribution in [0.3, 0.4) is 0 Å².